The summed E-state index contributed by atoms with van der Waals surface area (Å²) in [5, 5.41) is 0. The summed E-state index contributed by atoms with van der Waals surface area (Å²) in [5.41, 5.74) is 5.81. The summed E-state index contributed by atoms with van der Waals surface area (Å²) in [4.78, 5) is 30.5. The minimum absolute atomic E-state index is 0.0568. The number of nitrogens with two attached hydrogens (primary N) is 1. The molecule has 2 aromatic rings. The molecule has 2 N–H and O–H groups in total. The van der Waals surface area contributed by atoms with Crippen molar-refractivity contribution in [1.82, 2.24) is 14.5 Å². The van der Waals surface area contributed by atoms with Crippen LogP contribution in [0.1, 0.15) is 34.9 Å². The maximum Gasteiger partial charge on any atom is 0.257 e. The number of methoxy groups -OCH3 is 2. The number of rotatable bonds is 6. The third-order valence-corrected chi connectivity index (χ3v) is 4.79. The van der Waals surface area contributed by atoms with E-state index in [1.807, 2.05) is 4.90 Å². The number of amides is 2. The van der Waals surface area contributed by atoms with Crippen molar-refractivity contribution in [2.45, 2.75) is 25.3 Å². The molecule has 0 spiro atoms. The van der Waals surface area contributed by atoms with Gasteiger partial charge in [-0.3, -0.25) is 9.59 Å². The van der Waals surface area contributed by atoms with E-state index in [1.165, 1.54) is 7.11 Å². The zero-order valence-electron chi connectivity index (χ0n) is 15.6. The lowest BCUT2D eigenvalue weighted by Gasteiger charge is -2.33. The smallest absolute Gasteiger partial charge is 0.257 e. The number of carbonyl (C=O) groups excluding carboxylic acids is 2. The molecule has 3 rings (SSSR count). The van der Waals surface area contributed by atoms with Gasteiger partial charge in [0.05, 0.1) is 19.8 Å². The van der Waals surface area contributed by atoms with Crippen LogP contribution in [0.25, 0.3) is 0 Å². The first kappa shape index (κ1) is 18.8. The second kappa shape index (κ2) is 8.11. The van der Waals surface area contributed by atoms with Gasteiger partial charge in [0.1, 0.15) is 23.9 Å². The first-order chi connectivity index (χ1) is 13.0. The van der Waals surface area contributed by atoms with Gasteiger partial charge in [0.25, 0.3) is 5.91 Å². The van der Waals surface area contributed by atoms with Crippen molar-refractivity contribution in [2.75, 3.05) is 27.3 Å². The molecule has 8 nitrogen and oxygen atoms in total. The lowest BCUT2D eigenvalue weighted by atomic mass is 9.96. The highest BCUT2D eigenvalue weighted by atomic mass is 16.5. The number of hydrogen-bond donors (Lipinski definition) is 1. The molecule has 1 fully saturated rings. The topological polar surface area (TPSA) is 99.7 Å². The second-order valence-electron chi connectivity index (χ2n) is 6.54. The lowest BCUT2D eigenvalue weighted by molar-refractivity contribution is -0.118. The molecule has 1 aromatic heterocycles. The van der Waals surface area contributed by atoms with E-state index in [2.05, 4.69) is 4.98 Å². The standard InChI is InChI=1S/C19H24N4O4/c1-26-14-5-6-15(16(10-14)27-2)19(25)23-8-3-4-13(11-23)18-21-7-9-22(18)12-17(20)24/h5-7,9-10,13H,3-4,8,11-12H2,1-2H3,(H2,20,24)/t13-/m0/s1. The number of hydrogen-bond acceptors (Lipinski definition) is 5. The minimum atomic E-state index is -0.416. The molecule has 0 bridgehead atoms. The van der Waals surface area contributed by atoms with E-state index in [0.29, 0.717) is 30.2 Å². The predicted molar refractivity (Wildman–Crippen MR) is 98.8 cm³/mol. The molecule has 0 radical (unpaired) electrons. The summed E-state index contributed by atoms with van der Waals surface area (Å²) >= 11 is 0. The number of aromatic nitrogens is 2. The minimum Gasteiger partial charge on any atom is -0.497 e. The Morgan fingerprint density at radius 1 is 1.30 bits per heavy atom. The van der Waals surface area contributed by atoms with Gasteiger partial charge >= 0.3 is 0 Å². The molecule has 144 valence electrons. The summed E-state index contributed by atoms with van der Waals surface area (Å²) in [6.07, 6.45) is 5.16. The molecule has 0 aliphatic carbocycles. The SMILES string of the molecule is COc1ccc(C(=O)N2CCC[C@H](c3nccn3CC(N)=O)C2)c(OC)c1. The van der Waals surface area contributed by atoms with Gasteiger partial charge in [0.15, 0.2) is 0 Å². The van der Waals surface area contributed by atoms with Crippen LogP contribution < -0.4 is 15.2 Å². The van der Waals surface area contributed by atoms with Gasteiger partial charge in [-0.2, -0.15) is 0 Å². The molecule has 1 aliphatic rings. The van der Waals surface area contributed by atoms with Crippen molar-refractivity contribution in [3.05, 3.63) is 42.0 Å². The number of likely N-dealkylation sites (tertiary alicyclic amines) is 1. The number of imidazole rings is 1. The average Bonchev–Trinajstić information content (AvgIpc) is 3.14. The fourth-order valence-corrected chi connectivity index (χ4v) is 3.50. The van der Waals surface area contributed by atoms with E-state index in [9.17, 15) is 9.59 Å². The van der Waals surface area contributed by atoms with Crippen LogP contribution in [0.2, 0.25) is 0 Å². The zero-order chi connectivity index (χ0) is 19.4. The van der Waals surface area contributed by atoms with Crippen LogP contribution in [0.5, 0.6) is 11.5 Å². The molecule has 8 heteroatoms. The Hall–Kier alpha value is -3.03. The molecule has 0 saturated carbocycles. The van der Waals surface area contributed by atoms with Crippen LogP contribution in [-0.4, -0.2) is 53.6 Å². The molecular weight excluding hydrogens is 348 g/mol. The molecule has 1 aliphatic heterocycles. The van der Waals surface area contributed by atoms with Crippen molar-refractivity contribution in [3.63, 3.8) is 0 Å². The zero-order valence-corrected chi connectivity index (χ0v) is 15.6. The summed E-state index contributed by atoms with van der Waals surface area (Å²) < 4.78 is 12.3. The first-order valence-electron chi connectivity index (χ1n) is 8.84. The Bertz CT molecular complexity index is 833. The molecule has 1 saturated heterocycles. The van der Waals surface area contributed by atoms with E-state index in [-0.39, 0.29) is 18.4 Å². The second-order valence-corrected chi connectivity index (χ2v) is 6.54. The van der Waals surface area contributed by atoms with Crippen LogP contribution in [0.3, 0.4) is 0 Å². The number of carbonyl (C=O) groups is 2. The highest BCUT2D eigenvalue weighted by Gasteiger charge is 2.29. The van der Waals surface area contributed by atoms with Gasteiger partial charge < -0.3 is 24.7 Å². The van der Waals surface area contributed by atoms with Gasteiger partial charge in [-0.25, -0.2) is 4.98 Å². The Morgan fingerprint density at radius 3 is 2.81 bits per heavy atom. The van der Waals surface area contributed by atoms with Crippen LogP contribution in [0.15, 0.2) is 30.6 Å². The normalized spacial score (nSPS) is 16.8. The summed E-state index contributed by atoms with van der Waals surface area (Å²) in [6, 6.07) is 5.17. The molecule has 2 heterocycles. The highest BCUT2D eigenvalue weighted by Crippen LogP contribution is 2.30. The molecular formula is C19H24N4O4. The van der Waals surface area contributed by atoms with Crippen molar-refractivity contribution < 1.29 is 19.1 Å². The first-order valence-corrected chi connectivity index (χ1v) is 8.84. The fraction of sp³-hybridized carbons (Fsp3) is 0.421. The number of piperidine rings is 1. The number of primary amides is 1. The molecule has 27 heavy (non-hydrogen) atoms. The summed E-state index contributed by atoms with van der Waals surface area (Å²) in [7, 11) is 3.10. The van der Waals surface area contributed by atoms with Crippen LogP contribution >= 0.6 is 0 Å². The van der Waals surface area contributed by atoms with Crippen molar-refractivity contribution in [2.24, 2.45) is 5.73 Å². The van der Waals surface area contributed by atoms with Gasteiger partial charge in [-0.05, 0) is 25.0 Å². The summed E-state index contributed by atoms with van der Waals surface area (Å²) in [5.74, 6) is 1.45. The number of ether oxygens (including phenoxy) is 2. The van der Waals surface area contributed by atoms with Crippen LogP contribution in [0, 0.1) is 0 Å². The average molecular weight is 372 g/mol. The molecule has 1 atom stereocenters. The monoisotopic (exact) mass is 372 g/mol. The maximum absolute atomic E-state index is 13.1. The Kier molecular flexibility index (Phi) is 5.63. The van der Waals surface area contributed by atoms with Gasteiger partial charge in [-0.15, -0.1) is 0 Å². The number of benzene rings is 1. The van der Waals surface area contributed by atoms with E-state index in [1.54, 1.807) is 42.3 Å². The maximum atomic E-state index is 13.1. The fourth-order valence-electron chi connectivity index (χ4n) is 3.50. The van der Waals surface area contributed by atoms with Crippen molar-refractivity contribution >= 4 is 11.8 Å². The van der Waals surface area contributed by atoms with Crippen LogP contribution in [0.4, 0.5) is 0 Å². The third-order valence-electron chi connectivity index (χ3n) is 4.79. The van der Waals surface area contributed by atoms with E-state index in [0.717, 1.165) is 18.7 Å². The van der Waals surface area contributed by atoms with E-state index in [4.69, 9.17) is 15.2 Å². The van der Waals surface area contributed by atoms with Crippen molar-refractivity contribution in [1.29, 1.82) is 0 Å². The Balaban J connectivity index is 1.79. The quantitative estimate of drug-likeness (QED) is 0.826. The largest absolute Gasteiger partial charge is 0.497 e. The Morgan fingerprint density at radius 2 is 2.11 bits per heavy atom. The highest BCUT2D eigenvalue weighted by molar-refractivity contribution is 5.97. The van der Waals surface area contributed by atoms with E-state index < -0.39 is 5.91 Å². The van der Waals surface area contributed by atoms with Gasteiger partial charge in [0.2, 0.25) is 5.91 Å². The lowest BCUT2D eigenvalue weighted by Crippen LogP contribution is -2.40. The molecule has 2 amide bonds. The molecule has 1 aromatic carbocycles. The summed E-state index contributed by atoms with van der Waals surface area (Å²) in [6.45, 7) is 1.29. The van der Waals surface area contributed by atoms with Crippen LogP contribution in [-0.2, 0) is 11.3 Å². The molecule has 0 unspecified atom stereocenters. The Labute approximate surface area is 157 Å². The predicted octanol–water partition coefficient (Wildman–Crippen LogP) is 1.41. The third kappa shape index (κ3) is 4.05. The van der Waals surface area contributed by atoms with Gasteiger partial charge in [0, 0.05) is 37.5 Å². The van der Waals surface area contributed by atoms with Crippen molar-refractivity contribution in [3.8, 4) is 11.5 Å². The number of nitrogens with zero attached hydrogens (tertiary/aromatic N) is 3. The van der Waals surface area contributed by atoms with E-state index >= 15 is 0 Å². The van der Waals surface area contributed by atoms with Gasteiger partial charge in [-0.1, -0.05) is 0 Å².